The molecule has 1 aliphatic heterocycles. The monoisotopic (exact) mass is 296 g/mol. The van der Waals surface area contributed by atoms with Gasteiger partial charge in [-0.3, -0.25) is 9.59 Å². The Morgan fingerprint density at radius 2 is 2.00 bits per heavy atom. The highest BCUT2D eigenvalue weighted by Crippen LogP contribution is 2.25. The second-order valence-corrected chi connectivity index (χ2v) is 5.89. The largest absolute Gasteiger partial charge is 0.342 e. The van der Waals surface area contributed by atoms with Gasteiger partial charge in [-0.25, -0.2) is 4.39 Å². The van der Waals surface area contributed by atoms with E-state index in [0.29, 0.717) is 18.7 Å². The lowest BCUT2D eigenvalue weighted by molar-refractivity contribution is -0.144. The predicted octanol–water partition coefficient (Wildman–Crippen LogP) is 1.81. The maximum Gasteiger partial charge on any atom is 0.254 e. The van der Waals surface area contributed by atoms with Crippen molar-refractivity contribution in [3.63, 3.8) is 0 Å². The highest BCUT2D eigenvalue weighted by molar-refractivity contribution is 7.80. The summed E-state index contributed by atoms with van der Waals surface area (Å²) in [4.78, 5) is 28.0. The highest BCUT2D eigenvalue weighted by atomic mass is 32.1. The quantitative estimate of drug-likeness (QED) is 0.803. The average Bonchev–Trinajstić information content (AvgIpc) is 2.39. The second kappa shape index (κ2) is 5.09. The Balaban J connectivity index is 2.33. The maximum atomic E-state index is 13.2. The molecule has 0 aliphatic carbocycles. The summed E-state index contributed by atoms with van der Waals surface area (Å²) >= 11 is 3.98. The van der Waals surface area contributed by atoms with Crippen LogP contribution in [0.4, 0.5) is 4.39 Å². The molecule has 1 fully saturated rings. The van der Waals surface area contributed by atoms with Gasteiger partial charge in [0.25, 0.3) is 5.91 Å². The molecule has 20 heavy (non-hydrogen) atoms. The van der Waals surface area contributed by atoms with E-state index in [1.165, 1.54) is 23.1 Å². The molecule has 108 valence electrons. The van der Waals surface area contributed by atoms with Crippen LogP contribution in [0, 0.1) is 5.82 Å². The predicted molar refractivity (Wildman–Crippen MR) is 76.4 cm³/mol. The first-order valence-corrected chi connectivity index (χ1v) is 6.76. The van der Waals surface area contributed by atoms with Gasteiger partial charge in [0.2, 0.25) is 5.91 Å². The van der Waals surface area contributed by atoms with Gasteiger partial charge in [0.05, 0.1) is 0 Å². The van der Waals surface area contributed by atoms with Crippen LogP contribution in [0.3, 0.4) is 0 Å². The van der Waals surface area contributed by atoms with Gasteiger partial charge in [-0.05, 0) is 32.0 Å². The van der Waals surface area contributed by atoms with Crippen LogP contribution >= 0.6 is 12.6 Å². The van der Waals surface area contributed by atoms with E-state index < -0.39 is 11.4 Å². The van der Waals surface area contributed by atoms with Crippen LogP contribution in [-0.4, -0.2) is 47.3 Å². The number of benzene rings is 1. The molecule has 0 radical (unpaired) electrons. The van der Waals surface area contributed by atoms with E-state index in [1.807, 2.05) is 0 Å². The molecule has 6 heteroatoms. The third-order valence-corrected chi connectivity index (χ3v) is 3.98. The van der Waals surface area contributed by atoms with Crippen LogP contribution in [0.5, 0.6) is 0 Å². The summed E-state index contributed by atoms with van der Waals surface area (Å²) in [7, 11) is 1.72. The molecule has 1 saturated heterocycles. The first-order chi connectivity index (χ1) is 9.25. The van der Waals surface area contributed by atoms with Crippen LogP contribution in [0.25, 0.3) is 0 Å². The van der Waals surface area contributed by atoms with Crippen molar-refractivity contribution >= 4 is 24.4 Å². The van der Waals surface area contributed by atoms with Gasteiger partial charge in [0.15, 0.2) is 0 Å². The molecule has 1 aromatic carbocycles. The van der Waals surface area contributed by atoms with Crippen molar-refractivity contribution < 1.29 is 14.0 Å². The molecule has 0 saturated carbocycles. The number of amides is 2. The van der Waals surface area contributed by atoms with Crippen LogP contribution in [0.1, 0.15) is 24.2 Å². The molecule has 0 N–H and O–H groups in total. The summed E-state index contributed by atoms with van der Waals surface area (Å²) in [6.07, 6.45) is 0. The SMILES string of the molecule is CN1CCN(C(=O)c2ccc(F)c(S)c2)C(C)(C)C1=O. The van der Waals surface area contributed by atoms with Crippen molar-refractivity contribution in [2.24, 2.45) is 0 Å². The topological polar surface area (TPSA) is 40.6 Å². The Labute approximate surface area is 123 Å². The number of likely N-dealkylation sites (N-methyl/N-ethyl adjacent to an activating group) is 1. The number of thiol groups is 1. The van der Waals surface area contributed by atoms with Crippen molar-refractivity contribution in [1.82, 2.24) is 9.80 Å². The number of rotatable bonds is 1. The van der Waals surface area contributed by atoms with E-state index in [1.54, 1.807) is 25.8 Å². The average molecular weight is 296 g/mol. The van der Waals surface area contributed by atoms with Gasteiger partial charge in [-0.2, -0.15) is 0 Å². The zero-order valence-corrected chi connectivity index (χ0v) is 12.6. The number of carbonyl (C=O) groups is 2. The third kappa shape index (κ3) is 2.40. The molecule has 0 atom stereocenters. The molecule has 2 rings (SSSR count). The normalized spacial score (nSPS) is 18.4. The van der Waals surface area contributed by atoms with E-state index in [-0.39, 0.29) is 16.7 Å². The van der Waals surface area contributed by atoms with Gasteiger partial charge in [0, 0.05) is 30.6 Å². The van der Waals surface area contributed by atoms with Crippen molar-refractivity contribution in [2.75, 3.05) is 20.1 Å². The molecule has 0 aromatic heterocycles. The first-order valence-electron chi connectivity index (χ1n) is 6.31. The third-order valence-electron chi connectivity index (χ3n) is 3.64. The molecule has 0 bridgehead atoms. The lowest BCUT2D eigenvalue weighted by atomic mass is 9.96. The fourth-order valence-electron chi connectivity index (χ4n) is 2.37. The number of hydrogen-bond acceptors (Lipinski definition) is 3. The second-order valence-electron chi connectivity index (χ2n) is 5.41. The van der Waals surface area contributed by atoms with E-state index in [2.05, 4.69) is 12.6 Å². The standard InChI is InChI=1S/C14H17FN2O2S/c1-14(2)13(19)16(3)6-7-17(14)12(18)9-4-5-10(15)11(20)8-9/h4-5,8,20H,6-7H2,1-3H3. The number of hydrogen-bond donors (Lipinski definition) is 1. The summed E-state index contributed by atoms with van der Waals surface area (Å²) < 4.78 is 13.2. The molecule has 1 aliphatic rings. The van der Waals surface area contributed by atoms with Crippen molar-refractivity contribution in [3.8, 4) is 0 Å². The van der Waals surface area contributed by atoms with Crippen LogP contribution < -0.4 is 0 Å². The molecule has 2 amide bonds. The minimum absolute atomic E-state index is 0.106. The van der Waals surface area contributed by atoms with Gasteiger partial charge in [-0.1, -0.05) is 0 Å². The Morgan fingerprint density at radius 1 is 1.35 bits per heavy atom. The minimum Gasteiger partial charge on any atom is -0.342 e. The lowest BCUT2D eigenvalue weighted by Crippen LogP contribution is -2.63. The molecular formula is C14H17FN2O2S. The van der Waals surface area contributed by atoms with E-state index >= 15 is 0 Å². The summed E-state index contributed by atoms with van der Waals surface area (Å²) in [5.74, 6) is -0.865. The molecule has 1 heterocycles. The Bertz CT molecular complexity index is 574. The van der Waals surface area contributed by atoms with Crippen LogP contribution in [0.2, 0.25) is 0 Å². The number of halogens is 1. The molecule has 4 nitrogen and oxygen atoms in total. The fourth-order valence-corrected chi connectivity index (χ4v) is 2.58. The van der Waals surface area contributed by atoms with Gasteiger partial charge in [-0.15, -0.1) is 12.6 Å². The molecule has 1 aromatic rings. The molecule has 0 unspecified atom stereocenters. The number of piperazine rings is 1. The smallest absolute Gasteiger partial charge is 0.254 e. The van der Waals surface area contributed by atoms with E-state index in [0.717, 1.165) is 0 Å². The van der Waals surface area contributed by atoms with Crippen molar-refractivity contribution in [2.45, 2.75) is 24.3 Å². The van der Waals surface area contributed by atoms with Crippen LogP contribution in [0.15, 0.2) is 23.1 Å². The van der Waals surface area contributed by atoms with Crippen molar-refractivity contribution in [1.29, 1.82) is 0 Å². The van der Waals surface area contributed by atoms with E-state index in [9.17, 15) is 14.0 Å². The van der Waals surface area contributed by atoms with Gasteiger partial charge in [0.1, 0.15) is 11.4 Å². The molecular weight excluding hydrogens is 279 g/mol. The summed E-state index contributed by atoms with van der Waals surface area (Å²) in [5, 5.41) is 0. The minimum atomic E-state index is -0.908. The highest BCUT2D eigenvalue weighted by Gasteiger charge is 2.43. The number of carbonyl (C=O) groups excluding carboxylic acids is 2. The first kappa shape index (κ1) is 14.8. The zero-order chi connectivity index (χ0) is 15.1. The Hall–Kier alpha value is -1.56. The zero-order valence-electron chi connectivity index (χ0n) is 11.7. The maximum absolute atomic E-state index is 13.2. The van der Waals surface area contributed by atoms with E-state index in [4.69, 9.17) is 0 Å². The number of nitrogens with zero attached hydrogens (tertiary/aromatic N) is 2. The lowest BCUT2D eigenvalue weighted by Gasteiger charge is -2.44. The van der Waals surface area contributed by atoms with Crippen LogP contribution in [-0.2, 0) is 4.79 Å². The van der Waals surface area contributed by atoms with Crippen molar-refractivity contribution in [3.05, 3.63) is 29.6 Å². The van der Waals surface area contributed by atoms with Gasteiger partial charge >= 0.3 is 0 Å². The Kier molecular flexibility index (Phi) is 3.77. The Morgan fingerprint density at radius 3 is 2.60 bits per heavy atom. The summed E-state index contributed by atoms with van der Waals surface area (Å²) in [6.45, 7) is 4.37. The fraction of sp³-hybridized carbons (Fsp3) is 0.429. The summed E-state index contributed by atoms with van der Waals surface area (Å²) in [5.41, 5.74) is -0.572. The molecule has 0 spiro atoms. The van der Waals surface area contributed by atoms with Gasteiger partial charge < -0.3 is 9.80 Å². The summed E-state index contributed by atoms with van der Waals surface area (Å²) in [6, 6.07) is 4.01.